The minimum absolute atomic E-state index is 0.0199. The number of allylic oxidation sites excluding steroid dienone is 2. The highest BCUT2D eigenvalue weighted by atomic mass is 16.7. The van der Waals surface area contributed by atoms with Crippen molar-refractivity contribution < 1.29 is 33.3 Å². The summed E-state index contributed by atoms with van der Waals surface area (Å²) in [4.78, 5) is 42.6. The predicted octanol–water partition coefficient (Wildman–Crippen LogP) is -0.915. The molecule has 5 rings (SSSR count). The number of primary amides is 1. The Labute approximate surface area is 185 Å². The molecule has 3 saturated heterocycles. The summed E-state index contributed by atoms with van der Waals surface area (Å²) >= 11 is 0. The second-order valence-electron chi connectivity index (χ2n) is 8.73. The maximum absolute atomic E-state index is 13.7. The van der Waals surface area contributed by atoms with Gasteiger partial charge in [0.05, 0.1) is 36.6 Å². The summed E-state index contributed by atoms with van der Waals surface area (Å²) in [5, 5.41) is 3.12. The van der Waals surface area contributed by atoms with E-state index >= 15 is 0 Å². The Bertz CT molecular complexity index is 940. The molecular formula is C21H28N4O7. The molecule has 0 aromatic rings. The van der Waals surface area contributed by atoms with Crippen LogP contribution in [0, 0.1) is 5.92 Å². The molecule has 1 aliphatic carbocycles. The normalized spacial score (nSPS) is 35.9. The summed E-state index contributed by atoms with van der Waals surface area (Å²) in [5.41, 5.74) is 5.54. The Balaban J connectivity index is 1.45. The van der Waals surface area contributed by atoms with Crippen molar-refractivity contribution in [2.45, 2.75) is 37.4 Å². The van der Waals surface area contributed by atoms with Gasteiger partial charge in [-0.05, 0) is 14.0 Å². The number of Topliss-reactive ketones (excluding diaryl/α,β-unsaturated/α-hetero) is 2. The number of fused-ring (bicyclic) bond motifs is 4. The van der Waals surface area contributed by atoms with Crippen LogP contribution in [0.4, 0.5) is 4.79 Å². The van der Waals surface area contributed by atoms with Gasteiger partial charge in [0.25, 0.3) is 0 Å². The maximum Gasteiger partial charge on any atom is 0.404 e. The van der Waals surface area contributed by atoms with Gasteiger partial charge in [0.2, 0.25) is 11.6 Å². The van der Waals surface area contributed by atoms with Crippen LogP contribution in [0.3, 0.4) is 0 Å². The number of likely N-dealkylation sites (N-methyl/N-ethyl adjacent to an activating group) is 1. The molecule has 1 amide bonds. The second kappa shape index (κ2) is 7.55. The molecule has 1 unspecified atom stereocenters. The number of amides is 1. The average Bonchev–Trinajstić information content (AvgIpc) is 3.16. The lowest BCUT2D eigenvalue weighted by Crippen LogP contribution is -2.55. The van der Waals surface area contributed by atoms with Crippen molar-refractivity contribution in [3.8, 4) is 0 Å². The Morgan fingerprint density at radius 3 is 2.66 bits per heavy atom. The number of carbonyl (C=O) groups excluding carboxylic acids is 3. The van der Waals surface area contributed by atoms with Crippen LogP contribution >= 0.6 is 0 Å². The lowest BCUT2D eigenvalue weighted by atomic mass is 9.82. The molecule has 0 aromatic heterocycles. The van der Waals surface area contributed by atoms with Gasteiger partial charge in [0, 0.05) is 43.8 Å². The molecule has 0 radical (unpaired) electrons. The minimum atomic E-state index is -0.966. The van der Waals surface area contributed by atoms with Crippen LogP contribution in [0.1, 0.15) is 13.3 Å². The molecule has 0 bridgehead atoms. The fourth-order valence-electron chi connectivity index (χ4n) is 5.82. The number of nitrogens with one attached hydrogen (secondary N) is 1. The van der Waals surface area contributed by atoms with E-state index in [0.717, 1.165) is 0 Å². The lowest BCUT2D eigenvalue weighted by Gasteiger charge is -2.40. The summed E-state index contributed by atoms with van der Waals surface area (Å²) in [6.45, 7) is 3.57. The van der Waals surface area contributed by atoms with E-state index in [9.17, 15) is 14.4 Å². The fraction of sp³-hybridized carbons (Fsp3) is 0.667. The molecule has 32 heavy (non-hydrogen) atoms. The SMILES string of the molecule is CO[C@@]12[C@H](COC(N)=O)C3=C(C(=O)C(C)=C(NCCC4OCCO4)C3=O)N1C[C@H]1[C@@H]2N1C. The van der Waals surface area contributed by atoms with E-state index in [4.69, 9.17) is 24.7 Å². The first-order valence-electron chi connectivity index (χ1n) is 10.8. The fourth-order valence-corrected chi connectivity index (χ4v) is 5.82. The molecule has 5 atom stereocenters. The third kappa shape index (κ3) is 2.84. The van der Waals surface area contributed by atoms with Gasteiger partial charge in [-0.3, -0.25) is 14.5 Å². The molecular weight excluding hydrogens is 420 g/mol. The molecule has 11 nitrogen and oxygen atoms in total. The van der Waals surface area contributed by atoms with Gasteiger partial charge < -0.3 is 34.9 Å². The van der Waals surface area contributed by atoms with Crippen LogP contribution in [-0.2, 0) is 28.5 Å². The predicted molar refractivity (Wildman–Crippen MR) is 109 cm³/mol. The van der Waals surface area contributed by atoms with Gasteiger partial charge in [0.1, 0.15) is 6.61 Å². The number of ketones is 2. The van der Waals surface area contributed by atoms with Crippen molar-refractivity contribution in [1.82, 2.24) is 15.1 Å². The monoisotopic (exact) mass is 448 g/mol. The molecule has 4 aliphatic heterocycles. The van der Waals surface area contributed by atoms with Gasteiger partial charge in [-0.25, -0.2) is 4.79 Å². The number of nitrogens with zero attached hydrogens (tertiary/aromatic N) is 2. The van der Waals surface area contributed by atoms with Crippen LogP contribution in [0.5, 0.6) is 0 Å². The summed E-state index contributed by atoms with van der Waals surface area (Å²) < 4.78 is 22.1. The van der Waals surface area contributed by atoms with Crippen molar-refractivity contribution in [3.63, 3.8) is 0 Å². The van der Waals surface area contributed by atoms with Crippen LogP contribution in [0.2, 0.25) is 0 Å². The van der Waals surface area contributed by atoms with Crippen molar-refractivity contribution >= 4 is 17.7 Å². The number of carbonyl (C=O) groups is 3. The first-order chi connectivity index (χ1) is 15.3. The van der Waals surface area contributed by atoms with Gasteiger partial charge in [0.15, 0.2) is 12.0 Å². The smallest absolute Gasteiger partial charge is 0.404 e. The average molecular weight is 448 g/mol. The number of ether oxygens (including phenoxy) is 4. The summed E-state index contributed by atoms with van der Waals surface area (Å²) in [7, 11) is 3.54. The highest BCUT2D eigenvalue weighted by Gasteiger charge is 2.75. The molecule has 3 fully saturated rings. The highest BCUT2D eigenvalue weighted by Crippen LogP contribution is 2.59. The van der Waals surface area contributed by atoms with Crippen molar-refractivity contribution in [1.29, 1.82) is 0 Å². The molecule has 0 saturated carbocycles. The van der Waals surface area contributed by atoms with E-state index in [1.165, 1.54) is 0 Å². The number of piperazine rings is 1. The molecule has 5 aliphatic rings. The molecule has 0 aromatic carbocycles. The Kier molecular flexibility index (Phi) is 5.04. The van der Waals surface area contributed by atoms with Crippen molar-refractivity contribution in [2.24, 2.45) is 11.7 Å². The lowest BCUT2D eigenvalue weighted by molar-refractivity contribution is -0.144. The molecule has 11 heteroatoms. The number of methoxy groups -OCH3 is 1. The van der Waals surface area contributed by atoms with Gasteiger partial charge >= 0.3 is 6.09 Å². The molecule has 0 spiro atoms. The van der Waals surface area contributed by atoms with E-state index in [1.807, 2.05) is 11.9 Å². The number of rotatable bonds is 7. The zero-order valence-electron chi connectivity index (χ0n) is 18.4. The summed E-state index contributed by atoms with van der Waals surface area (Å²) in [6.07, 6.45) is -0.715. The highest BCUT2D eigenvalue weighted by molar-refractivity contribution is 6.25. The van der Waals surface area contributed by atoms with E-state index in [2.05, 4.69) is 10.2 Å². The van der Waals surface area contributed by atoms with Gasteiger partial charge in [-0.15, -0.1) is 0 Å². The zero-order valence-corrected chi connectivity index (χ0v) is 18.4. The van der Waals surface area contributed by atoms with E-state index in [0.29, 0.717) is 49.6 Å². The van der Waals surface area contributed by atoms with Gasteiger partial charge in [-0.1, -0.05) is 0 Å². The summed E-state index contributed by atoms with van der Waals surface area (Å²) in [6, 6.07) is 0.187. The number of nitrogens with two attached hydrogens (primary N) is 1. The molecule has 3 N–H and O–H groups in total. The minimum Gasteiger partial charge on any atom is -0.449 e. The first-order valence-corrected chi connectivity index (χ1v) is 10.8. The van der Waals surface area contributed by atoms with Crippen LogP contribution < -0.4 is 11.1 Å². The largest absolute Gasteiger partial charge is 0.449 e. The number of hydrogen-bond donors (Lipinski definition) is 2. The third-order valence-electron chi connectivity index (χ3n) is 7.32. The first kappa shape index (κ1) is 21.4. The standard InChI is InChI=1S/C21H28N4O7/c1-10-15(23-5-4-13-30-6-7-31-13)18(27)14-11(9-32-20(22)28)21(29-3)19-12(24(19)2)8-25(21)16(14)17(10)26/h11-13,19,23H,4-9H2,1-3H3,(H2,22,28)/t11-,12+,19+,21-,24?/m1/s1. The summed E-state index contributed by atoms with van der Waals surface area (Å²) in [5.74, 6) is -1.14. The molecule has 4 heterocycles. The van der Waals surface area contributed by atoms with Crippen molar-refractivity contribution in [3.05, 3.63) is 22.5 Å². The van der Waals surface area contributed by atoms with Crippen LogP contribution in [0.25, 0.3) is 0 Å². The number of hydrogen-bond acceptors (Lipinski definition) is 10. The topological polar surface area (TPSA) is 132 Å². The van der Waals surface area contributed by atoms with Crippen LogP contribution in [0.15, 0.2) is 22.5 Å². The maximum atomic E-state index is 13.7. The molecule has 174 valence electrons. The Morgan fingerprint density at radius 2 is 2.00 bits per heavy atom. The van der Waals surface area contributed by atoms with E-state index in [-0.39, 0.29) is 42.2 Å². The second-order valence-corrected chi connectivity index (χ2v) is 8.73. The van der Waals surface area contributed by atoms with E-state index in [1.54, 1.807) is 14.0 Å². The van der Waals surface area contributed by atoms with E-state index < -0.39 is 17.7 Å². The Morgan fingerprint density at radius 1 is 1.28 bits per heavy atom. The Hall–Kier alpha value is -2.47. The third-order valence-corrected chi connectivity index (χ3v) is 7.32. The quantitative estimate of drug-likeness (QED) is 0.372. The van der Waals surface area contributed by atoms with Gasteiger partial charge in [-0.2, -0.15) is 0 Å². The van der Waals surface area contributed by atoms with Crippen molar-refractivity contribution in [2.75, 3.05) is 47.1 Å². The zero-order chi connectivity index (χ0) is 22.8. The van der Waals surface area contributed by atoms with Crippen LogP contribution in [-0.4, -0.2) is 98.6 Å².